The van der Waals surface area contributed by atoms with Crippen molar-refractivity contribution in [1.82, 2.24) is 0 Å². The summed E-state index contributed by atoms with van der Waals surface area (Å²) in [5, 5.41) is 0. The first-order valence-electron chi connectivity index (χ1n) is 5.31. The Labute approximate surface area is 114 Å². The van der Waals surface area contributed by atoms with Crippen molar-refractivity contribution in [3.05, 3.63) is 0 Å². The predicted molar refractivity (Wildman–Crippen MR) is 70.9 cm³/mol. The maximum absolute atomic E-state index is 12.0. The third-order valence-electron chi connectivity index (χ3n) is 4.66. The second-order valence-electron chi connectivity index (χ2n) is 5.43. The number of hydrogen-bond acceptors (Lipinski definition) is 4. The van der Waals surface area contributed by atoms with Gasteiger partial charge in [-0.05, 0) is 24.2 Å². The van der Waals surface area contributed by atoms with Crippen LogP contribution in [0.2, 0.25) is 0 Å². The van der Waals surface area contributed by atoms with Crippen LogP contribution >= 0.6 is 16.3 Å². The van der Waals surface area contributed by atoms with E-state index >= 15 is 0 Å². The molecule has 0 aliphatic heterocycles. The molecule has 0 aromatic carbocycles. The van der Waals surface area contributed by atoms with Gasteiger partial charge in [0.15, 0.2) is 0 Å². The van der Waals surface area contributed by atoms with Crippen molar-refractivity contribution >= 4 is 42.3 Å². The number of halogens is 1. The molecule has 0 aromatic heterocycles. The second-order valence-corrected chi connectivity index (χ2v) is 7.75. The third kappa shape index (κ3) is 2.03. The van der Waals surface area contributed by atoms with Gasteiger partial charge in [-0.15, -0.1) is 0 Å². The van der Waals surface area contributed by atoms with Gasteiger partial charge in [0, 0.05) is 6.42 Å². The fraction of sp³-hybridized carbons (Fsp3) is 0.900. The molecule has 2 rings (SSSR count). The van der Waals surface area contributed by atoms with Gasteiger partial charge in [-0.25, -0.2) is 0 Å². The normalized spacial score (nSPS) is 34.8. The standard InChI is InChI=1S/C10H15BrO4S.Be.2H/c1-9(2)7-3-4-10(9,8(12)5-7)6-16(13,14)15-11;;;/h7H,3-6H2,1-2H3;;;. The van der Waals surface area contributed by atoms with Crippen LogP contribution in [0.3, 0.4) is 0 Å². The molecular weight excluding hydrogens is 305 g/mol. The quantitative estimate of drug-likeness (QED) is 0.731. The molecular formula is C10H17BeBrO4S. The van der Waals surface area contributed by atoms with Crippen LogP contribution in [0.15, 0.2) is 0 Å². The summed E-state index contributed by atoms with van der Waals surface area (Å²) >= 11 is 2.50. The molecule has 96 valence electrons. The molecule has 2 atom stereocenters. The van der Waals surface area contributed by atoms with Gasteiger partial charge in [0.25, 0.3) is 10.1 Å². The van der Waals surface area contributed by atoms with E-state index in [0.717, 1.165) is 6.42 Å². The van der Waals surface area contributed by atoms with Crippen molar-refractivity contribution in [1.29, 1.82) is 0 Å². The summed E-state index contributed by atoms with van der Waals surface area (Å²) in [7, 11) is -3.65. The predicted octanol–water partition coefficient (Wildman–Crippen LogP) is 1.12. The van der Waals surface area contributed by atoms with Crippen LogP contribution < -0.4 is 0 Å². The van der Waals surface area contributed by atoms with Crippen molar-refractivity contribution in [2.45, 2.75) is 33.1 Å². The minimum absolute atomic E-state index is 0. The van der Waals surface area contributed by atoms with Gasteiger partial charge in [0.1, 0.15) is 22.0 Å². The number of carbonyl (C=O) groups is 1. The second kappa shape index (κ2) is 4.41. The van der Waals surface area contributed by atoms with Crippen molar-refractivity contribution in [3.63, 3.8) is 0 Å². The Morgan fingerprint density at radius 2 is 2.06 bits per heavy atom. The summed E-state index contributed by atoms with van der Waals surface area (Å²) in [6.45, 7) is 4.00. The van der Waals surface area contributed by atoms with Crippen LogP contribution in [0.5, 0.6) is 0 Å². The number of ketones is 1. The number of carbonyl (C=O) groups excluding carboxylic acids is 1. The average molecular weight is 322 g/mol. The Bertz CT molecular complexity index is 434. The third-order valence-corrected chi connectivity index (χ3v) is 6.90. The van der Waals surface area contributed by atoms with Crippen LogP contribution in [0.25, 0.3) is 0 Å². The van der Waals surface area contributed by atoms with Gasteiger partial charge in [-0.3, -0.25) is 4.79 Å². The molecule has 2 unspecified atom stereocenters. The zero-order chi connectivity index (χ0) is 12.2. The van der Waals surface area contributed by atoms with E-state index in [1.54, 1.807) is 0 Å². The summed E-state index contributed by atoms with van der Waals surface area (Å²) in [5.74, 6) is 0.209. The molecule has 2 aliphatic rings. The van der Waals surface area contributed by atoms with Gasteiger partial charge < -0.3 is 0 Å². The summed E-state index contributed by atoms with van der Waals surface area (Å²) in [4.78, 5) is 12.0. The molecule has 0 amide bonds. The van der Waals surface area contributed by atoms with Crippen molar-refractivity contribution in [3.8, 4) is 0 Å². The van der Waals surface area contributed by atoms with Crippen molar-refractivity contribution in [2.75, 3.05) is 5.75 Å². The van der Waals surface area contributed by atoms with Gasteiger partial charge in [0.05, 0.1) is 11.2 Å². The fourth-order valence-electron chi connectivity index (χ4n) is 3.43. The summed E-state index contributed by atoms with van der Waals surface area (Å²) in [6, 6.07) is 0. The minimum atomic E-state index is -3.65. The Morgan fingerprint density at radius 1 is 1.47 bits per heavy atom. The SMILES string of the molecule is CC1(C)C2CCC1(CS(=O)(=O)OBr)C(=O)C2.[BeH2]. The molecule has 4 nitrogen and oxygen atoms in total. The Balaban J connectivity index is 0.00000144. The van der Waals surface area contributed by atoms with E-state index in [1.807, 2.05) is 13.8 Å². The first-order chi connectivity index (χ1) is 7.25. The molecule has 0 radical (unpaired) electrons. The molecule has 17 heavy (non-hydrogen) atoms. The Hall–Kier alpha value is 0.229. The Morgan fingerprint density at radius 3 is 2.41 bits per heavy atom. The zero-order valence-corrected chi connectivity index (χ0v) is 11.7. The van der Waals surface area contributed by atoms with Crippen LogP contribution in [0, 0.1) is 16.7 Å². The number of fused-ring (bicyclic) bond motifs is 2. The molecule has 0 saturated heterocycles. The molecule has 0 spiro atoms. The Kier molecular flexibility index (Phi) is 3.96. The molecule has 0 heterocycles. The van der Waals surface area contributed by atoms with Gasteiger partial charge in [-0.1, -0.05) is 13.8 Å². The average Bonchev–Trinajstić information content (AvgIpc) is 2.51. The van der Waals surface area contributed by atoms with Crippen LogP contribution in [0.1, 0.15) is 33.1 Å². The summed E-state index contributed by atoms with van der Waals surface area (Å²) < 4.78 is 27.4. The zero-order valence-electron chi connectivity index (χ0n) is 9.32. The monoisotopic (exact) mass is 321 g/mol. The summed E-state index contributed by atoms with van der Waals surface area (Å²) in [5.41, 5.74) is -0.965. The topological polar surface area (TPSA) is 60.4 Å². The molecule has 0 N–H and O–H groups in total. The van der Waals surface area contributed by atoms with Crippen LogP contribution in [0.4, 0.5) is 0 Å². The van der Waals surface area contributed by atoms with Crippen molar-refractivity contribution in [2.24, 2.45) is 16.7 Å². The number of Topliss-reactive ketones (excluding diaryl/α,β-unsaturated/α-hetero) is 1. The fourth-order valence-corrected chi connectivity index (χ4v) is 5.04. The summed E-state index contributed by atoms with van der Waals surface area (Å²) in [6.07, 6.45) is 2.13. The maximum atomic E-state index is 12.0. The molecule has 2 saturated carbocycles. The van der Waals surface area contributed by atoms with E-state index in [4.69, 9.17) is 0 Å². The van der Waals surface area contributed by atoms with Crippen LogP contribution in [-0.4, -0.2) is 30.1 Å². The molecule has 2 bridgehead atoms. The number of rotatable bonds is 3. The molecule has 2 aliphatic carbocycles. The van der Waals surface area contributed by atoms with E-state index in [1.165, 1.54) is 0 Å². The van der Waals surface area contributed by atoms with E-state index in [0.29, 0.717) is 18.8 Å². The van der Waals surface area contributed by atoms with E-state index in [9.17, 15) is 13.2 Å². The first-order valence-corrected chi connectivity index (χ1v) is 7.54. The van der Waals surface area contributed by atoms with Gasteiger partial charge >= 0.3 is 10.1 Å². The molecule has 7 heteroatoms. The van der Waals surface area contributed by atoms with E-state index < -0.39 is 15.5 Å². The van der Waals surface area contributed by atoms with E-state index in [-0.39, 0.29) is 27.1 Å². The van der Waals surface area contributed by atoms with Crippen molar-refractivity contribution < 1.29 is 16.5 Å². The molecule has 2 fully saturated rings. The first kappa shape index (κ1) is 15.3. The van der Waals surface area contributed by atoms with Gasteiger partial charge in [-0.2, -0.15) is 11.7 Å². The number of hydrogen-bond donors (Lipinski definition) is 0. The van der Waals surface area contributed by atoms with Gasteiger partial charge in [0.2, 0.25) is 0 Å². The van der Waals surface area contributed by atoms with E-state index in [2.05, 4.69) is 19.5 Å². The molecule has 0 aromatic rings. The van der Waals surface area contributed by atoms with Crippen LogP contribution in [-0.2, 0) is 18.2 Å².